The molecule has 0 saturated heterocycles. The van der Waals surface area contributed by atoms with E-state index in [1.54, 1.807) is 19.2 Å². The molecule has 0 aliphatic carbocycles. The molecule has 0 heterocycles. The lowest BCUT2D eigenvalue weighted by Crippen LogP contribution is -2.41. The van der Waals surface area contributed by atoms with E-state index in [2.05, 4.69) is 52.4 Å². The predicted molar refractivity (Wildman–Crippen MR) is 119 cm³/mol. The van der Waals surface area contributed by atoms with E-state index in [0.29, 0.717) is 24.6 Å². The van der Waals surface area contributed by atoms with Crippen LogP contribution < -0.4 is 15.4 Å². The van der Waals surface area contributed by atoms with E-state index in [1.807, 2.05) is 32.9 Å². The summed E-state index contributed by atoms with van der Waals surface area (Å²) in [7, 11) is -1.92. The first kappa shape index (κ1) is 22.9. The van der Waals surface area contributed by atoms with E-state index in [-0.39, 0.29) is 4.90 Å². The number of aryl methyl sites for hydroxylation is 2. The Morgan fingerprint density at radius 1 is 0.966 bits per heavy atom. The molecule has 0 radical (unpaired) electrons. The summed E-state index contributed by atoms with van der Waals surface area (Å²) in [5, 5.41) is 6.50. The summed E-state index contributed by atoms with van der Waals surface area (Å²) in [5.74, 6) is 0.612. The van der Waals surface area contributed by atoms with E-state index in [1.165, 1.54) is 16.7 Å². The van der Waals surface area contributed by atoms with Crippen LogP contribution in [0.25, 0.3) is 0 Å². The van der Waals surface area contributed by atoms with E-state index in [0.717, 1.165) is 0 Å². The van der Waals surface area contributed by atoms with Gasteiger partial charge in [0.1, 0.15) is 0 Å². The monoisotopic (exact) mass is 416 g/mol. The van der Waals surface area contributed by atoms with Crippen LogP contribution in [0.4, 0.5) is 0 Å². The molecular formula is C22H32N4O2S. The summed E-state index contributed by atoms with van der Waals surface area (Å²) in [5.41, 5.74) is 3.77. The standard InChI is InChI=1S/C22H32N4O2S/c1-16-11-12-18(17(2)13-16)14-24-21(23-6)25-15-19-9-7-8-10-20(19)29(27,28)26-22(3,4)5/h7-13,26H,14-15H2,1-6H3,(H2,23,24,25). The highest BCUT2D eigenvalue weighted by Crippen LogP contribution is 2.17. The third-order valence-corrected chi connectivity index (χ3v) is 6.18. The number of nitrogens with zero attached hydrogens (tertiary/aromatic N) is 1. The molecule has 0 aromatic heterocycles. The Balaban J connectivity index is 2.08. The van der Waals surface area contributed by atoms with Crippen molar-refractivity contribution in [2.45, 2.75) is 58.1 Å². The van der Waals surface area contributed by atoms with Gasteiger partial charge in [0, 0.05) is 25.7 Å². The van der Waals surface area contributed by atoms with Crippen LogP contribution in [0.3, 0.4) is 0 Å². The van der Waals surface area contributed by atoms with Crippen LogP contribution in [0.2, 0.25) is 0 Å². The molecule has 2 rings (SSSR count). The van der Waals surface area contributed by atoms with Crippen LogP contribution in [0, 0.1) is 13.8 Å². The third-order valence-electron chi connectivity index (χ3n) is 4.32. The molecule has 3 N–H and O–H groups in total. The van der Waals surface area contributed by atoms with Crippen LogP contribution in [0.1, 0.15) is 43.0 Å². The summed E-state index contributed by atoms with van der Waals surface area (Å²) in [6.45, 7) is 10.6. The largest absolute Gasteiger partial charge is 0.352 e. The number of guanidine groups is 1. The first-order valence-corrected chi connectivity index (χ1v) is 11.1. The van der Waals surface area contributed by atoms with Crippen molar-refractivity contribution >= 4 is 16.0 Å². The van der Waals surface area contributed by atoms with Crippen molar-refractivity contribution < 1.29 is 8.42 Å². The fraction of sp³-hybridized carbons (Fsp3) is 0.409. The van der Waals surface area contributed by atoms with Crippen LogP contribution in [0.15, 0.2) is 52.4 Å². The Bertz CT molecular complexity index is 977. The van der Waals surface area contributed by atoms with Gasteiger partial charge in [0.25, 0.3) is 0 Å². The number of sulfonamides is 1. The van der Waals surface area contributed by atoms with Crippen LogP contribution in [-0.4, -0.2) is 27.0 Å². The predicted octanol–water partition coefficient (Wildman–Crippen LogP) is 3.25. The van der Waals surface area contributed by atoms with Gasteiger partial charge in [-0.3, -0.25) is 4.99 Å². The second-order valence-electron chi connectivity index (χ2n) is 8.17. The van der Waals surface area contributed by atoms with Gasteiger partial charge < -0.3 is 10.6 Å². The summed E-state index contributed by atoms with van der Waals surface area (Å²) < 4.78 is 28.3. The smallest absolute Gasteiger partial charge is 0.241 e. The molecule has 0 saturated carbocycles. The summed E-state index contributed by atoms with van der Waals surface area (Å²) in [6.07, 6.45) is 0. The molecule has 0 aliphatic heterocycles. The first-order valence-electron chi connectivity index (χ1n) is 9.64. The first-order chi connectivity index (χ1) is 13.5. The van der Waals surface area contributed by atoms with Gasteiger partial charge in [0.15, 0.2) is 5.96 Å². The van der Waals surface area contributed by atoms with Crippen molar-refractivity contribution in [2.24, 2.45) is 4.99 Å². The molecule has 0 spiro atoms. The van der Waals surface area contributed by atoms with Gasteiger partial charge in [-0.05, 0) is 57.4 Å². The quantitative estimate of drug-likeness (QED) is 0.499. The average Bonchev–Trinajstić information content (AvgIpc) is 2.61. The molecule has 2 aromatic carbocycles. The van der Waals surface area contributed by atoms with Crippen molar-refractivity contribution in [1.82, 2.24) is 15.4 Å². The fourth-order valence-corrected chi connectivity index (χ4v) is 4.65. The second-order valence-corrected chi connectivity index (χ2v) is 9.82. The lowest BCUT2D eigenvalue weighted by atomic mass is 10.1. The number of hydrogen-bond acceptors (Lipinski definition) is 3. The Morgan fingerprint density at radius 3 is 2.17 bits per heavy atom. The minimum Gasteiger partial charge on any atom is -0.352 e. The molecule has 0 aliphatic rings. The zero-order chi connectivity index (χ0) is 21.7. The maximum atomic E-state index is 12.8. The lowest BCUT2D eigenvalue weighted by molar-refractivity contribution is 0.491. The van der Waals surface area contributed by atoms with E-state index in [9.17, 15) is 8.42 Å². The topological polar surface area (TPSA) is 82.6 Å². The number of benzene rings is 2. The number of aliphatic imine (C=N–C) groups is 1. The van der Waals surface area contributed by atoms with Crippen LogP contribution in [-0.2, 0) is 23.1 Å². The Hall–Kier alpha value is -2.38. The average molecular weight is 417 g/mol. The minimum atomic E-state index is -3.62. The van der Waals surface area contributed by atoms with E-state index >= 15 is 0 Å². The van der Waals surface area contributed by atoms with E-state index < -0.39 is 15.6 Å². The molecule has 6 nitrogen and oxygen atoms in total. The molecule has 0 bridgehead atoms. The van der Waals surface area contributed by atoms with Crippen molar-refractivity contribution in [2.75, 3.05) is 7.05 Å². The van der Waals surface area contributed by atoms with Crippen LogP contribution >= 0.6 is 0 Å². The number of nitrogens with one attached hydrogen (secondary N) is 3. The van der Waals surface area contributed by atoms with Gasteiger partial charge in [0.05, 0.1) is 4.90 Å². The van der Waals surface area contributed by atoms with Gasteiger partial charge in [0.2, 0.25) is 10.0 Å². The minimum absolute atomic E-state index is 0.271. The van der Waals surface area contributed by atoms with Crippen LogP contribution in [0.5, 0.6) is 0 Å². The highest BCUT2D eigenvalue weighted by molar-refractivity contribution is 7.89. The van der Waals surface area contributed by atoms with Crippen molar-refractivity contribution in [3.8, 4) is 0 Å². The zero-order valence-electron chi connectivity index (χ0n) is 18.1. The van der Waals surface area contributed by atoms with Gasteiger partial charge in [-0.1, -0.05) is 42.0 Å². The molecule has 0 fully saturated rings. The molecule has 7 heteroatoms. The maximum Gasteiger partial charge on any atom is 0.241 e. The van der Waals surface area contributed by atoms with Crippen molar-refractivity contribution in [3.05, 3.63) is 64.7 Å². The lowest BCUT2D eigenvalue weighted by Gasteiger charge is -2.22. The second kappa shape index (κ2) is 9.41. The number of hydrogen-bond donors (Lipinski definition) is 3. The summed E-state index contributed by atoms with van der Waals surface area (Å²) >= 11 is 0. The highest BCUT2D eigenvalue weighted by atomic mass is 32.2. The Kier molecular flexibility index (Phi) is 7.43. The Labute approximate surface area is 174 Å². The van der Waals surface area contributed by atoms with Crippen molar-refractivity contribution in [1.29, 1.82) is 0 Å². The maximum absolute atomic E-state index is 12.8. The molecule has 2 aromatic rings. The van der Waals surface area contributed by atoms with Crippen molar-refractivity contribution in [3.63, 3.8) is 0 Å². The third kappa shape index (κ3) is 6.87. The van der Waals surface area contributed by atoms with Gasteiger partial charge in [-0.2, -0.15) is 0 Å². The van der Waals surface area contributed by atoms with Gasteiger partial charge in [-0.15, -0.1) is 0 Å². The SMILES string of the molecule is CN=C(NCc1ccc(C)cc1C)NCc1ccccc1S(=O)(=O)NC(C)(C)C. The molecule has 0 amide bonds. The Morgan fingerprint density at radius 2 is 1.59 bits per heavy atom. The molecule has 0 unspecified atom stereocenters. The zero-order valence-corrected chi connectivity index (χ0v) is 18.9. The van der Waals surface area contributed by atoms with Gasteiger partial charge >= 0.3 is 0 Å². The number of rotatable bonds is 6. The summed E-state index contributed by atoms with van der Waals surface area (Å²) in [4.78, 5) is 4.52. The molecular weight excluding hydrogens is 384 g/mol. The van der Waals surface area contributed by atoms with Gasteiger partial charge in [-0.25, -0.2) is 13.1 Å². The molecule has 0 atom stereocenters. The molecule has 29 heavy (non-hydrogen) atoms. The van der Waals surface area contributed by atoms with E-state index in [4.69, 9.17) is 0 Å². The normalized spacial score (nSPS) is 12.7. The highest BCUT2D eigenvalue weighted by Gasteiger charge is 2.24. The fourth-order valence-electron chi connectivity index (χ4n) is 2.99. The molecule has 158 valence electrons. The summed E-state index contributed by atoms with van der Waals surface area (Å²) in [6, 6.07) is 13.3.